The summed E-state index contributed by atoms with van der Waals surface area (Å²) in [6.07, 6.45) is 4.16. The summed E-state index contributed by atoms with van der Waals surface area (Å²) in [5.41, 5.74) is 0. The van der Waals surface area contributed by atoms with Gasteiger partial charge in [-0.3, -0.25) is 4.79 Å². The van der Waals surface area contributed by atoms with Gasteiger partial charge in [0, 0.05) is 25.4 Å². The van der Waals surface area contributed by atoms with Crippen LogP contribution in [0.25, 0.3) is 0 Å². The molecule has 2 nitrogen and oxygen atoms in total. The molecule has 0 aromatic rings. The number of carbonyl (C=O) groups is 1. The number of amides is 1. The first-order valence-electron chi connectivity index (χ1n) is 6.19. The molecular weight excluding hydrogens is 242 g/mol. The fourth-order valence-electron chi connectivity index (χ4n) is 2.06. The first-order chi connectivity index (χ1) is 7.77. The van der Waals surface area contributed by atoms with Crippen LogP contribution in [0.4, 0.5) is 0 Å². The molecule has 0 spiro atoms. The van der Waals surface area contributed by atoms with E-state index in [1.807, 2.05) is 16.7 Å². The Morgan fingerprint density at radius 3 is 2.62 bits per heavy atom. The highest BCUT2D eigenvalue weighted by atomic mass is 35.5. The number of hydrogen-bond donors (Lipinski definition) is 0. The molecule has 0 saturated carbocycles. The molecule has 1 amide bonds. The second kappa shape index (κ2) is 8.24. The molecule has 0 atom stereocenters. The highest BCUT2D eigenvalue weighted by Gasteiger charge is 2.20. The molecule has 1 heterocycles. The Bertz CT molecular complexity index is 201. The summed E-state index contributed by atoms with van der Waals surface area (Å²) in [5.74, 6) is 3.91. The van der Waals surface area contributed by atoms with E-state index in [1.165, 1.54) is 24.3 Å². The largest absolute Gasteiger partial charge is 0.342 e. The summed E-state index contributed by atoms with van der Waals surface area (Å²) in [5, 5.41) is 0. The molecule has 0 N–H and O–H groups in total. The van der Waals surface area contributed by atoms with Crippen LogP contribution >= 0.6 is 23.4 Å². The van der Waals surface area contributed by atoms with E-state index in [0.29, 0.717) is 24.2 Å². The zero-order valence-corrected chi connectivity index (χ0v) is 11.7. The van der Waals surface area contributed by atoms with E-state index in [4.69, 9.17) is 11.6 Å². The first-order valence-corrected chi connectivity index (χ1v) is 7.88. The van der Waals surface area contributed by atoms with Gasteiger partial charge in [-0.25, -0.2) is 0 Å². The van der Waals surface area contributed by atoms with Gasteiger partial charge in [0.15, 0.2) is 0 Å². The summed E-state index contributed by atoms with van der Waals surface area (Å²) in [6.45, 7) is 3.66. The maximum absolute atomic E-state index is 12.1. The topological polar surface area (TPSA) is 20.3 Å². The van der Waals surface area contributed by atoms with Crippen molar-refractivity contribution in [2.75, 3.05) is 30.5 Å². The van der Waals surface area contributed by atoms with E-state index in [9.17, 15) is 4.79 Å². The monoisotopic (exact) mass is 263 g/mol. The van der Waals surface area contributed by atoms with E-state index < -0.39 is 0 Å². The van der Waals surface area contributed by atoms with Crippen molar-refractivity contribution in [2.24, 2.45) is 5.92 Å². The lowest BCUT2D eigenvalue weighted by atomic mass is 9.98. The normalized spacial score (nSPS) is 17.4. The zero-order chi connectivity index (χ0) is 11.8. The average molecular weight is 264 g/mol. The van der Waals surface area contributed by atoms with Crippen molar-refractivity contribution in [3.63, 3.8) is 0 Å². The molecule has 0 aromatic carbocycles. The van der Waals surface area contributed by atoms with Crippen molar-refractivity contribution in [2.45, 2.75) is 32.6 Å². The Kier molecular flexibility index (Phi) is 7.30. The Morgan fingerprint density at radius 2 is 2.06 bits per heavy atom. The van der Waals surface area contributed by atoms with Gasteiger partial charge in [-0.2, -0.15) is 11.8 Å². The minimum absolute atomic E-state index is 0.305. The van der Waals surface area contributed by atoms with Gasteiger partial charge >= 0.3 is 0 Å². The lowest BCUT2D eigenvalue weighted by Crippen LogP contribution is -2.35. The average Bonchev–Trinajstić information content (AvgIpc) is 2.30. The molecule has 1 rings (SSSR count). The highest BCUT2D eigenvalue weighted by molar-refractivity contribution is 7.99. The maximum atomic E-state index is 12.1. The van der Waals surface area contributed by atoms with Gasteiger partial charge in [0.2, 0.25) is 5.91 Å². The second-order valence-corrected chi connectivity index (χ2v) is 5.93. The van der Waals surface area contributed by atoms with Crippen LogP contribution in [0.2, 0.25) is 0 Å². The highest BCUT2D eigenvalue weighted by Crippen LogP contribution is 2.25. The second-order valence-electron chi connectivity index (χ2n) is 4.33. The van der Waals surface area contributed by atoms with E-state index in [-0.39, 0.29) is 0 Å². The molecule has 1 aliphatic heterocycles. The third-order valence-electron chi connectivity index (χ3n) is 3.00. The summed E-state index contributed by atoms with van der Waals surface area (Å²) in [4.78, 5) is 14.0. The zero-order valence-electron chi connectivity index (χ0n) is 10.1. The molecule has 0 bridgehead atoms. The molecule has 1 saturated heterocycles. The fourth-order valence-corrected chi connectivity index (χ4v) is 3.47. The first kappa shape index (κ1) is 14.2. The molecule has 0 radical (unpaired) electrons. The number of nitrogens with zero attached hydrogens (tertiary/aromatic N) is 1. The quantitative estimate of drug-likeness (QED) is 0.687. The molecule has 0 aromatic heterocycles. The summed E-state index contributed by atoms with van der Waals surface area (Å²) in [7, 11) is 0. The van der Waals surface area contributed by atoms with Crippen molar-refractivity contribution in [3.05, 3.63) is 0 Å². The van der Waals surface area contributed by atoms with E-state index in [1.54, 1.807) is 0 Å². The Balaban J connectivity index is 2.34. The van der Waals surface area contributed by atoms with Crippen LogP contribution in [-0.4, -0.2) is 41.3 Å². The van der Waals surface area contributed by atoms with Crippen LogP contribution in [0.1, 0.15) is 32.6 Å². The van der Waals surface area contributed by atoms with Crippen molar-refractivity contribution in [1.82, 2.24) is 4.90 Å². The Labute approximate surface area is 108 Å². The smallest absolute Gasteiger partial charge is 0.222 e. The number of rotatable bonds is 6. The van der Waals surface area contributed by atoms with E-state index in [2.05, 4.69) is 6.92 Å². The van der Waals surface area contributed by atoms with Gasteiger partial charge in [-0.15, -0.1) is 11.6 Å². The van der Waals surface area contributed by atoms with Crippen molar-refractivity contribution in [3.8, 4) is 0 Å². The summed E-state index contributed by atoms with van der Waals surface area (Å²) in [6, 6.07) is 0. The van der Waals surface area contributed by atoms with Gasteiger partial charge in [-0.1, -0.05) is 6.92 Å². The lowest BCUT2D eigenvalue weighted by molar-refractivity contribution is -0.132. The van der Waals surface area contributed by atoms with Gasteiger partial charge in [-0.05, 0) is 36.7 Å². The van der Waals surface area contributed by atoms with Crippen molar-refractivity contribution < 1.29 is 4.79 Å². The number of thioether (sulfide) groups is 1. The number of halogens is 1. The minimum Gasteiger partial charge on any atom is -0.342 e. The van der Waals surface area contributed by atoms with Crippen LogP contribution in [0.3, 0.4) is 0 Å². The minimum atomic E-state index is 0.305. The van der Waals surface area contributed by atoms with Crippen molar-refractivity contribution in [1.29, 1.82) is 0 Å². The molecular formula is C12H22ClNOS. The van der Waals surface area contributed by atoms with Crippen molar-refractivity contribution >= 4 is 29.3 Å². The molecule has 16 heavy (non-hydrogen) atoms. The number of carbonyl (C=O) groups excluding carboxylic acids is 1. The lowest BCUT2D eigenvalue weighted by Gasteiger charge is -2.26. The van der Waals surface area contributed by atoms with Gasteiger partial charge < -0.3 is 4.90 Å². The third kappa shape index (κ3) is 4.96. The Hall–Kier alpha value is 0.110. The van der Waals surface area contributed by atoms with Crippen LogP contribution in [0, 0.1) is 5.92 Å². The van der Waals surface area contributed by atoms with Gasteiger partial charge in [0.1, 0.15) is 0 Å². The van der Waals surface area contributed by atoms with Crippen LogP contribution < -0.4 is 0 Å². The molecule has 4 heteroatoms. The van der Waals surface area contributed by atoms with E-state index >= 15 is 0 Å². The van der Waals surface area contributed by atoms with Crippen LogP contribution in [-0.2, 0) is 4.79 Å². The maximum Gasteiger partial charge on any atom is 0.222 e. The summed E-state index contributed by atoms with van der Waals surface area (Å²) < 4.78 is 0. The fraction of sp³-hybridized carbons (Fsp3) is 0.917. The number of hydrogen-bond acceptors (Lipinski definition) is 2. The predicted octanol–water partition coefficient (Wildman–Crippen LogP) is 3.00. The van der Waals surface area contributed by atoms with Gasteiger partial charge in [0.25, 0.3) is 0 Å². The van der Waals surface area contributed by atoms with Gasteiger partial charge in [0.05, 0.1) is 0 Å². The molecule has 0 unspecified atom stereocenters. The predicted molar refractivity (Wildman–Crippen MR) is 72.3 cm³/mol. The Morgan fingerprint density at radius 1 is 1.38 bits per heavy atom. The standard InChI is InChI=1S/C12H22ClNOS/c1-2-6-14(7-5-13)12(15)10-11-3-8-16-9-4-11/h11H,2-10H2,1H3. The number of alkyl halides is 1. The SMILES string of the molecule is CCCN(CCCl)C(=O)CC1CCSCC1. The van der Waals surface area contributed by atoms with E-state index in [0.717, 1.165) is 19.4 Å². The third-order valence-corrected chi connectivity index (χ3v) is 4.22. The molecule has 1 aliphatic rings. The summed E-state index contributed by atoms with van der Waals surface area (Å²) >= 11 is 7.73. The molecule has 94 valence electrons. The molecule has 0 aliphatic carbocycles. The van der Waals surface area contributed by atoms with Crippen LogP contribution in [0.5, 0.6) is 0 Å². The van der Waals surface area contributed by atoms with Crippen LogP contribution in [0.15, 0.2) is 0 Å². The molecule has 1 fully saturated rings.